The van der Waals surface area contributed by atoms with Gasteiger partial charge in [-0.05, 0) is 36.5 Å². The SMILES string of the molecule is CC1(Cn2c(CCCl)nc3ccc(Br)cc32)CCC1. The molecule has 0 amide bonds. The average Bonchev–Trinajstić information content (AvgIpc) is 2.66. The summed E-state index contributed by atoms with van der Waals surface area (Å²) in [5, 5.41) is 0. The smallest absolute Gasteiger partial charge is 0.111 e. The Morgan fingerprint density at radius 2 is 2.21 bits per heavy atom. The first-order valence-corrected chi connectivity index (χ1v) is 8.15. The van der Waals surface area contributed by atoms with Gasteiger partial charge in [0, 0.05) is 23.3 Å². The molecule has 1 aromatic carbocycles. The zero-order valence-electron chi connectivity index (χ0n) is 11.1. The van der Waals surface area contributed by atoms with Crippen LogP contribution in [-0.4, -0.2) is 15.4 Å². The number of aromatic nitrogens is 2. The van der Waals surface area contributed by atoms with Gasteiger partial charge < -0.3 is 4.57 Å². The Morgan fingerprint density at radius 3 is 2.84 bits per heavy atom. The maximum Gasteiger partial charge on any atom is 0.111 e. The highest BCUT2D eigenvalue weighted by molar-refractivity contribution is 9.10. The van der Waals surface area contributed by atoms with E-state index in [4.69, 9.17) is 16.6 Å². The molecule has 1 saturated carbocycles. The largest absolute Gasteiger partial charge is 0.327 e. The molecule has 1 aliphatic rings. The summed E-state index contributed by atoms with van der Waals surface area (Å²) in [6, 6.07) is 6.30. The van der Waals surface area contributed by atoms with Crippen molar-refractivity contribution in [3.63, 3.8) is 0 Å². The second-order valence-electron chi connectivity index (χ2n) is 5.85. The van der Waals surface area contributed by atoms with Crippen molar-refractivity contribution in [2.45, 2.75) is 39.2 Å². The highest BCUT2D eigenvalue weighted by Gasteiger charge is 2.33. The zero-order valence-corrected chi connectivity index (χ0v) is 13.5. The van der Waals surface area contributed by atoms with E-state index in [1.807, 2.05) is 0 Å². The average molecular weight is 342 g/mol. The van der Waals surface area contributed by atoms with E-state index >= 15 is 0 Å². The molecule has 4 heteroatoms. The number of fused-ring (bicyclic) bond motifs is 1. The Hall–Kier alpha value is -0.540. The van der Waals surface area contributed by atoms with E-state index < -0.39 is 0 Å². The topological polar surface area (TPSA) is 17.8 Å². The summed E-state index contributed by atoms with van der Waals surface area (Å²) < 4.78 is 3.49. The second-order valence-corrected chi connectivity index (χ2v) is 7.14. The molecule has 0 N–H and O–H groups in total. The molecule has 0 unspecified atom stereocenters. The maximum absolute atomic E-state index is 5.92. The van der Waals surface area contributed by atoms with Crippen molar-refractivity contribution < 1.29 is 0 Å². The standard InChI is InChI=1S/C15H18BrClN2/c1-15(6-2-7-15)10-19-13-9-11(16)3-4-12(13)18-14(19)5-8-17/h3-4,9H,2,5-8,10H2,1H3. The van der Waals surface area contributed by atoms with Gasteiger partial charge in [-0.25, -0.2) is 4.98 Å². The molecular formula is C15H18BrClN2. The van der Waals surface area contributed by atoms with E-state index in [1.165, 1.54) is 24.8 Å². The number of aryl methyl sites for hydroxylation is 1. The number of halogens is 2. The second kappa shape index (κ2) is 5.10. The van der Waals surface area contributed by atoms with Gasteiger partial charge in [0.2, 0.25) is 0 Å². The molecule has 1 aliphatic carbocycles. The number of rotatable bonds is 4. The highest BCUT2D eigenvalue weighted by atomic mass is 79.9. The molecule has 1 aromatic heterocycles. The van der Waals surface area contributed by atoms with Gasteiger partial charge in [0.25, 0.3) is 0 Å². The van der Waals surface area contributed by atoms with Gasteiger partial charge in [-0.1, -0.05) is 29.3 Å². The first-order valence-electron chi connectivity index (χ1n) is 6.82. The molecule has 102 valence electrons. The highest BCUT2D eigenvalue weighted by Crippen LogP contribution is 2.42. The molecule has 1 fully saturated rings. The minimum atomic E-state index is 0.441. The summed E-state index contributed by atoms with van der Waals surface area (Å²) in [7, 11) is 0. The quantitative estimate of drug-likeness (QED) is 0.732. The Labute approximate surface area is 127 Å². The van der Waals surface area contributed by atoms with E-state index in [0.717, 1.165) is 28.8 Å². The van der Waals surface area contributed by atoms with Crippen LogP contribution in [0.3, 0.4) is 0 Å². The van der Waals surface area contributed by atoms with Gasteiger partial charge in [0.15, 0.2) is 0 Å². The van der Waals surface area contributed by atoms with Crippen molar-refractivity contribution >= 4 is 38.6 Å². The third kappa shape index (κ3) is 2.55. The van der Waals surface area contributed by atoms with Crippen LogP contribution in [-0.2, 0) is 13.0 Å². The molecule has 0 saturated heterocycles. The third-order valence-electron chi connectivity index (χ3n) is 4.21. The lowest BCUT2D eigenvalue weighted by Crippen LogP contribution is -2.31. The number of hydrogen-bond acceptors (Lipinski definition) is 1. The van der Waals surface area contributed by atoms with Crippen LogP contribution < -0.4 is 0 Å². The van der Waals surface area contributed by atoms with Gasteiger partial charge in [0.1, 0.15) is 5.82 Å². The molecule has 1 heterocycles. The minimum Gasteiger partial charge on any atom is -0.327 e. The summed E-state index contributed by atoms with van der Waals surface area (Å²) >= 11 is 9.48. The lowest BCUT2D eigenvalue weighted by molar-refractivity contribution is 0.132. The first-order chi connectivity index (χ1) is 9.11. The molecule has 0 spiro atoms. The van der Waals surface area contributed by atoms with Crippen LogP contribution in [0.5, 0.6) is 0 Å². The molecule has 0 aliphatic heterocycles. The van der Waals surface area contributed by atoms with Gasteiger partial charge in [-0.3, -0.25) is 0 Å². The van der Waals surface area contributed by atoms with Crippen LogP contribution in [0.15, 0.2) is 22.7 Å². The van der Waals surface area contributed by atoms with Crippen LogP contribution >= 0.6 is 27.5 Å². The van der Waals surface area contributed by atoms with Crippen molar-refractivity contribution in [3.05, 3.63) is 28.5 Å². The summed E-state index contributed by atoms with van der Waals surface area (Å²) in [5.74, 6) is 1.75. The van der Waals surface area contributed by atoms with Crippen molar-refractivity contribution in [1.82, 2.24) is 9.55 Å². The number of hydrogen-bond donors (Lipinski definition) is 0. The Balaban J connectivity index is 2.06. The van der Waals surface area contributed by atoms with Crippen molar-refractivity contribution in [2.75, 3.05) is 5.88 Å². The Morgan fingerprint density at radius 1 is 1.42 bits per heavy atom. The lowest BCUT2D eigenvalue weighted by Gasteiger charge is -2.39. The summed E-state index contributed by atoms with van der Waals surface area (Å²) in [6.45, 7) is 3.44. The molecule has 0 atom stereocenters. The van der Waals surface area contributed by atoms with Gasteiger partial charge in [-0.2, -0.15) is 0 Å². The van der Waals surface area contributed by atoms with Crippen molar-refractivity contribution in [2.24, 2.45) is 5.41 Å². The predicted molar refractivity (Wildman–Crippen MR) is 83.8 cm³/mol. The molecule has 3 rings (SSSR count). The van der Waals surface area contributed by atoms with Crippen LogP contribution in [0.4, 0.5) is 0 Å². The molecule has 19 heavy (non-hydrogen) atoms. The molecule has 2 aromatic rings. The van der Waals surface area contributed by atoms with E-state index in [2.05, 4.69) is 45.6 Å². The predicted octanol–water partition coefficient (Wildman–Crippen LogP) is 4.77. The number of nitrogens with zero attached hydrogens (tertiary/aromatic N) is 2. The normalized spacial score (nSPS) is 17.6. The molecule has 0 bridgehead atoms. The van der Waals surface area contributed by atoms with Crippen LogP contribution in [0, 0.1) is 5.41 Å². The van der Waals surface area contributed by atoms with Crippen molar-refractivity contribution in [3.8, 4) is 0 Å². The summed E-state index contributed by atoms with van der Waals surface area (Å²) in [6.07, 6.45) is 4.84. The lowest BCUT2D eigenvalue weighted by atomic mass is 9.70. The van der Waals surface area contributed by atoms with Crippen LogP contribution in [0.25, 0.3) is 11.0 Å². The monoisotopic (exact) mass is 340 g/mol. The number of alkyl halides is 1. The van der Waals surface area contributed by atoms with Gasteiger partial charge in [-0.15, -0.1) is 11.6 Å². The summed E-state index contributed by atoms with van der Waals surface area (Å²) in [5.41, 5.74) is 2.74. The van der Waals surface area contributed by atoms with Crippen molar-refractivity contribution in [1.29, 1.82) is 0 Å². The fourth-order valence-corrected chi connectivity index (χ4v) is 3.44. The minimum absolute atomic E-state index is 0.441. The number of imidazole rings is 1. The van der Waals surface area contributed by atoms with E-state index in [-0.39, 0.29) is 0 Å². The van der Waals surface area contributed by atoms with Crippen LogP contribution in [0.2, 0.25) is 0 Å². The Kier molecular flexibility index (Phi) is 3.61. The molecule has 2 nitrogen and oxygen atoms in total. The molecule has 0 radical (unpaired) electrons. The third-order valence-corrected chi connectivity index (χ3v) is 4.89. The van der Waals surface area contributed by atoms with E-state index in [1.54, 1.807) is 0 Å². The number of benzene rings is 1. The van der Waals surface area contributed by atoms with E-state index in [9.17, 15) is 0 Å². The van der Waals surface area contributed by atoms with Crippen LogP contribution in [0.1, 0.15) is 32.0 Å². The van der Waals surface area contributed by atoms with Gasteiger partial charge in [0.05, 0.1) is 11.0 Å². The fraction of sp³-hybridized carbons (Fsp3) is 0.533. The first kappa shape index (κ1) is 13.4. The zero-order chi connectivity index (χ0) is 13.5. The van der Waals surface area contributed by atoms with E-state index in [0.29, 0.717) is 11.3 Å². The van der Waals surface area contributed by atoms with Gasteiger partial charge >= 0.3 is 0 Å². The maximum atomic E-state index is 5.92. The Bertz CT molecular complexity index is 601. The molecular weight excluding hydrogens is 324 g/mol. The summed E-state index contributed by atoms with van der Waals surface area (Å²) in [4.78, 5) is 4.74. The fourth-order valence-electron chi connectivity index (χ4n) is 2.92.